The monoisotopic (exact) mass is 222 g/mol. The van der Waals surface area contributed by atoms with Gasteiger partial charge in [0.05, 0.1) is 4.88 Å². The number of nitrogens with zero attached hydrogens (tertiary/aromatic N) is 1. The zero-order valence-corrected chi connectivity index (χ0v) is 9.89. The second-order valence-corrected chi connectivity index (χ2v) is 5.16. The SMILES string of the molecule is Cc1ccc(-c2onc(N)c2C(C)C)s1. The quantitative estimate of drug-likeness (QED) is 0.847. The molecule has 80 valence electrons. The van der Waals surface area contributed by atoms with E-state index in [0.29, 0.717) is 11.7 Å². The summed E-state index contributed by atoms with van der Waals surface area (Å²) in [6.45, 7) is 6.25. The molecule has 2 heterocycles. The lowest BCUT2D eigenvalue weighted by Crippen LogP contribution is -1.94. The summed E-state index contributed by atoms with van der Waals surface area (Å²) in [5.74, 6) is 1.65. The topological polar surface area (TPSA) is 52.0 Å². The molecule has 0 aliphatic carbocycles. The molecule has 0 radical (unpaired) electrons. The van der Waals surface area contributed by atoms with E-state index in [1.54, 1.807) is 11.3 Å². The summed E-state index contributed by atoms with van der Waals surface area (Å²) in [6.07, 6.45) is 0. The first kappa shape index (κ1) is 10.2. The zero-order chi connectivity index (χ0) is 11.0. The molecule has 0 amide bonds. The Labute approximate surface area is 92.9 Å². The Bertz CT molecular complexity index is 471. The van der Waals surface area contributed by atoms with Gasteiger partial charge in [0.25, 0.3) is 0 Å². The van der Waals surface area contributed by atoms with Crippen molar-refractivity contribution in [3.63, 3.8) is 0 Å². The first-order valence-corrected chi connectivity index (χ1v) is 5.73. The molecular formula is C11H14N2OS. The average molecular weight is 222 g/mol. The molecule has 0 aliphatic heterocycles. The van der Waals surface area contributed by atoms with Gasteiger partial charge in [-0.2, -0.15) is 0 Å². The Hall–Kier alpha value is -1.29. The maximum atomic E-state index is 5.79. The maximum Gasteiger partial charge on any atom is 0.182 e. The normalized spacial score (nSPS) is 11.2. The summed E-state index contributed by atoms with van der Waals surface area (Å²) >= 11 is 1.70. The van der Waals surface area contributed by atoms with Gasteiger partial charge in [-0.05, 0) is 25.0 Å². The average Bonchev–Trinajstić information content (AvgIpc) is 2.71. The van der Waals surface area contributed by atoms with Gasteiger partial charge in [0.2, 0.25) is 0 Å². The summed E-state index contributed by atoms with van der Waals surface area (Å²) in [6, 6.07) is 4.12. The van der Waals surface area contributed by atoms with Gasteiger partial charge in [-0.1, -0.05) is 19.0 Å². The van der Waals surface area contributed by atoms with Gasteiger partial charge < -0.3 is 10.3 Å². The molecule has 4 heteroatoms. The maximum absolute atomic E-state index is 5.79. The number of aryl methyl sites for hydroxylation is 1. The van der Waals surface area contributed by atoms with Crippen molar-refractivity contribution < 1.29 is 4.52 Å². The number of nitrogens with two attached hydrogens (primary N) is 1. The lowest BCUT2D eigenvalue weighted by Gasteiger charge is -2.03. The van der Waals surface area contributed by atoms with E-state index in [-0.39, 0.29) is 0 Å². The van der Waals surface area contributed by atoms with Crippen LogP contribution in [0.4, 0.5) is 5.82 Å². The highest BCUT2D eigenvalue weighted by molar-refractivity contribution is 7.15. The standard InChI is InChI=1S/C11H14N2OS/c1-6(2)9-10(14-13-11(9)12)8-5-4-7(3)15-8/h4-6H,1-3H3,(H2,12,13). The molecule has 0 aliphatic rings. The third kappa shape index (κ3) is 1.77. The van der Waals surface area contributed by atoms with Gasteiger partial charge in [0.15, 0.2) is 11.6 Å². The van der Waals surface area contributed by atoms with Crippen LogP contribution in [0.3, 0.4) is 0 Å². The van der Waals surface area contributed by atoms with Crippen molar-refractivity contribution in [3.8, 4) is 10.6 Å². The number of rotatable bonds is 2. The fraction of sp³-hybridized carbons (Fsp3) is 0.364. The number of hydrogen-bond donors (Lipinski definition) is 1. The van der Waals surface area contributed by atoms with Crippen LogP contribution in [-0.4, -0.2) is 5.16 Å². The summed E-state index contributed by atoms with van der Waals surface area (Å²) in [5.41, 5.74) is 6.80. The molecule has 15 heavy (non-hydrogen) atoms. The predicted octanol–water partition coefficient (Wildman–Crippen LogP) is 3.42. The fourth-order valence-corrected chi connectivity index (χ4v) is 2.46. The molecule has 0 saturated carbocycles. The van der Waals surface area contributed by atoms with Crippen molar-refractivity contribution in [2.45, 2.75) is 26.7 Å². The Kier molecular flexibility index (Phi) is 2.52. The van der Waals surface area contributed by atoms with Crippen LogP contribution >= 0.6 is 11.3 Å². The number of anilines is 1. The second kappa shape index (κ2) is 3.70. The number of thiophene rings is 1. The molecule has 0 unspecified atom stereocenters. The van der Waals surface area contributed by atoms with E-state index in [9.17, 15) is 0 Å². The molecular weight excluding hydrogens is 208 g/mol. The number of hydrogen-bond acceptors (Lipinski definition) is 4. The van der Waals surface area contributed by atoms with Gasteiger partial charge in [-0.25, -0.2) is 0 Å². The molecule has 2 aromatic rings. The lowest BCUT2D eigenvalue weighted by atomic mass is 10.0. The first-order chi connectivity index (χ1) is 7.09. The highest BCUT2D eigenvalue weighted by atomic mass is 32.1. The van der Waals surface area contributed by atoms with E-state index >= 15 is 0 Å². The van der Waals surface area contributed by atoms with E-state index in [1.165, 1.54) is 4.88 Å². The van der Waals surface area contributed by atoms with E-state index in [1.807, 2.05) is 6.07 Å². The third-order valence-corrected chi connectivity index (χ3v) is 3.30. The van der Waals surface area contributed by atoms with Crippen LogP contribution in [0.5, 0.6) is 0 Å². The van der Waals surface area contributed by atoms with Crippen LogP contribution in [0, 0.1) is 6.92 Å². The summed E-state index contributed by atoms with van der Waals surface area (Å²) in [7, 11) is 0. The van der Waals surface area contributed by atoms with Gasteiger partial charge in [-0.15, -0.1) is 11.3 Å². The number of nitrogen functional groups attached to an aromatic ring is 1. The Morgan fingerprint density at radius 1 is 1.40 bits per heavy atom. The highest BCUT2D eigenvalue weighted by Gasteiger charge is 2.19. The molecule has 0 spiro atoms. The van der Waals surface area contributed by atoms with E-state index in [4.69, 9.17) is 10.3 Å². The van der Waals surface area contributed by atoms with Gasteiger partial charge in [-0.3, -0.25) is 0 Å². The summed E-state index contributed by atoms with van der Waals surface area (Å²) in [4.78, 5) is 2.36. The fourth-order valence-electron chi connectivity index (χ4n) is 1.60. The van der Waals surface area contributed by atoms with Crippen molar-refractivity contribution in [3.05, 3.63) is 22.6 Å². The largest absolute Gasteiger partial charge is 0.381 e. The van der Waals surface area contributed by atoms with Crippen LogP contribution in [0.25, 0.3) is 10.6 Å². The number of aromatic nitrogens is 1. The molecule has 3 nitrogen and oxygen atoms in total. The Morgan fingerprint density at radius 3 is 2.67 bits per heavy atom. The second-order valence-electron chi connectivity index (χ2n) is 3.88. The summed E-state index contributed by atoms with van der Waals surface area (Å²) < 4.78 is 5.29. The smallest absolute Gasteiger partial charge is 0.182 e. The predicted molar refractivity (Wildman–Crippen MR) is 63.1 cm³/mol. The minimum atomic E-state index is 0.327. The van der Waals surface area contributed by atoms with Crippen molar-refractivity contribution >= 4 is 17.2 Å². The molecule has 2 aromatic heterocycles. The highest BCUT2D eigenvalue weighted by Crippen LogP contribution is 2.36. The Balaban J connectivity index is 2.53. The first-order valence-electron chi connectivity index (χ1n) is 4.91. The van der Waals surface area contributed by atoms with Gasteiger partial charge in [0.1, 0.15) is 0 Å². The van der Waals surface area contributed by atoms with E-state index in [0.717, 1.165) is 16.2 Å². The van der Waals surface area contributed by atoms with Gasteiger partial charge in [0, 0.05) is 10.4 Å². The Morgan fingerprint density at radius 2 is 2.13 bits per heavy atom. The minimum absolute atomic E-state index is 0.327. The summed E-state index contributed by atoms with van der Waals surface area (Å²) in [5, 5.41) is 3.83. The van der Waals surface area contributed by atoms with Crippen molar-refractivity contribution in [2.75, 3.05) is 5.73 Å². The molecule has 0 atom stereocenters. The van der Waals surface area contributed by atoms with Crippen LogP contribution < -0.4 is 5.73 Å². The third-order valence-electron chi connectivity index (χ3n) is 2.30. The van der Waals surface area contributed by atoms with Crippen LogP contribution in [0.2, 0.25) is 0 Å². The molecule has 2 N–H and O–H groups in total. The molecule has 0 fully saturated rings. The molecule has 2 rings (SSSR count). The van der Waals surface area contributed by atoms with Crippen molar-refractivity contribution in [2.24, 2.45) is 0 Å². The van der Waals surface area contributed by atoms with E-state index < -0.39 is 0 Å². The van der Waals surface area contributed by atoms with Crippen molar-refractivity contribution in [1.29, 1.82) is 0 Å². The zero-order valence-electron chi connectivity index (χ0n) is 9.07. The lowest BCUT2D eigenvalue weighted by molar-refractivity contribution is 0.435. The molecule has 0 bridgehead atoms. The minimum Gasteiger partial charge on any atom is -0.381 e. The van der Waals surface area contributed by atoms with Crippen molar-refractivity contribution in [1.82, 2.24) is 5.16 Å². The van der Waals surface area contributed by atoms with E-state index in [2.05, 4.69) is 32.0 Å². The van der Waals surface area contributed by atoms with Crippen LogP contribution in [-0.2, 0) is 0 Å². The van der Waals surface area contributed by atoms with Crippen LogP contribution in [0.1, 0.15) is 30.2 Å². The van der Waals surface area contributed by atoms with Gasteiger partial charge >= 0.3 is 0 Å². The molecule has 0 aromatic carbocycles. The van der Waals surface area contributed by atoms with Crippen LogP contribution in [0.15, 0.2) is 16.7 Å². The molecule has 0 saturated heterocycles.